The van der Waals surface area contributed by atoms with Gasteiger partial charge in [0.2, 0.25) is 5.16 Å². The van der Waals surface area contributed by atoms with Crippen molar-refractivity contribution >= 4 is 17.7 Å². The number of thioether (sulfide) groups is 1. The van der Waals surface area contributed by atoms with Crippen LogP contribution in [0.15, 0.2) is 5.16 Å². The van der Waals surface area contributed by atoms with Crippen molar-refractivity contribution < 1.29 is 9.53 Å². The van der Waals surface area contributed by atoms with Crippen LogP contribution in [0, 0.1) is 0 Å². The summed E-state index contributed by atoms with van der Waals surface area (Å²) in [7, 11) is 0. The van der Waals surface area contributed by atoms with Crippen molar-refractivity contribution in [3.8, 4) is 0 Å². The summed E-state index contributed by atoms with van der Waals surface area (Å²) in [6.07, 6.45) is 1.83. The molecule has 1 aromatic rings. The predicted molar refractivity (Wildman–Crippen MR) is 66.2 cm³/mol. The fourth-order valence-electron chi connectivity index (χ4n) is 1.62. The molecule has 1 atom stereocenters. The molecule has 18 heavy (non-hydrogen) atoms. The normalized spacial score (nSPS) is 19.2. The lowest BCUT2D eigenvalue weighted by Gasteiger charge is -2.06. The highest BCUT2D eigenvalue weighted by atomic mass is 32.2. The van der Waals surface area contributed by atoms with Gasteiger partial charge in [-0.25, -0.2) is 4.68 Å². The van der Waals surface area contributed by atoms with E-state index in [1.54, 1.807) is 4.68 Å². The van der Waals surface area contributed by atoms with E-state index in [9.17, 15) is 4.79 Å². The van der Waals surface area contributed by atoms with Crippen LogP contribution >= 0.6 is 11.8 Å². The zero-order valence-electron chi connectivity index (χ0n) is 10.3. The molecule has 1 aliphatic rings. The molecule has 7 nitrogen and oxygen atoms in total. The number of hydrogen-bond acceptors (Lipinski definition) is 7. The van der Waals surface area contributed by atoms with Crippen molar-refractivity contribution in [2.45, 2.75) is 36.7 Å². The highest BCUT2D eigenvalue weighted by molar-refractivity contribution is 8.00. The van der Waals surface area contributed by atoms with Gasteiger partial charge in [0.25, 0.3) is 0 Å². The first-order valence-corrected chi connectivity index (χ1v) is 6.99. The van der Waals surface area contributed by atoms with E-state index in [4.69, 9.17) is 4.74 Å². The Morgan fingerprint density at radius 3 is 3.17 bits per heavy atom. The Morgan fingerprint density at radius 1 is 1.56 bits per heavy atom. The molecule has 0 radical (unpaired) electrons. The molecule has 8 heteroatoms. The van der Waals surface area contributed by atoms with Crippen molar-refractivity contribution in [1.29, 1.82) is 0 Å². The first-order chi connectivity index (χ1) is 8.81. The number of esters is 1. The standard InChI is InChI=1S/C10H17N5O2S/c1-2-4-11-5-6-15-10(12-13-14-15)18-8-3-7-17-9(8)16/h8,11H,2-7H2,1H3. The second-order valence-electron chi connectivity index (χ2n) is 4.00. The number of ether oxygens (including phenoxy) is 1. The summed E-state index contributed by atoms with van der Waals surface area (Å²) in [6, 6.07) is 0. The maximum atomic E-state index is 11.4. The van der Waals surface area contributed by atoms with Gasteiger partial charge in [-0.15, -0.1) is 5.10 Å². The molecule has 1 saturated heterocycles. The number of carbonyl (C=O) groups excluding carboxylic acids is 1. The molecule has 0 aliphatic carbocycles. The van der Waals surface area contributed by atoms with Crippen LogP contribution in [0.1, 0.15) is 19.8 Å². The largest absolute Gasteiger partial charge is 0.465 e. The Labute approximate surface area is 110 Å². The van der Waals surface area contributed by atoms with E-state index < -0.39 is 0 Å². The highest BCUT2D eigenvalue weighted by Gasteiger charge is 2.29. The average Bonchev–Trinajstić information content (AvgIpc) is 2.96. The first-order valence-electron chi connectivity index (χ1n) is 6.11. The first kappa shape index (κ1) is 13.3. The molecule has 1 aliphatic heterocycles. The Morgan fingerprint density at radius 2 is 2.44 bits per heavy atom. The van der Waals surface area contributed by atoms with Crippen molar-refractivity contribution in [2.75, 3.05) is 19.7 Å². The SMILES string of the molecule is CCCNCCn1nnnc1SC1CCOC1=O. The quantitative estimate of drug-likeness (QED) is 0.555. The van der Waals surface area contributed by atoms with Crippen LogP contribution in [0.25, 0.3) is 0 Å². The molecule has 100 valence electrons. The van der Waals surface area contributed by atoms with E-state index in [1.165, 1.54) is 11.8 Å². The summed E-state index contributed by atoms with van der Waals surface area (Å²) in [5.74, 6) is -0.168. The van der Waals surface area contributed by atoms with Gasteiger partial charge in [-0.2, -0.15) is 0 Å². The van der Waals surface area contributed by atoms with Crippen LogP contribution in [0.5, 0.6) is 0 Å². The van der Waals surface area contributed by atoms with E-state index in [0.29, 0.717) is 18.3 Å². The number of carbonyl (C=O) groups is 1. The zero-order valence-corrected chi connectivity index (χ0v) is 11.2. The van der Waals surface area contributed by atoms with Crippen molar-refractivity contribution in [3.05, 3.63) is 0 Å². The molecule has 1 N–H and O–H groups in total. The molecule has 0 amide bonds. The molecular weight excluding hydrogens is 254 g/mol. The van der Waals surface area contributed by atoms with Crippen LogP contribution < -0.4 is 5.32 Å². The van der Waals surface area contributed by atoms with Crippen molar-refractivity contribution in [3.63, 3.8) is 0 Å². The molecule has 1 unspecified atom stereocenters. The molecule has 2 rings (SSSR count). The van der Waals surface area contributed by atoms with Gasteiger partial charge in [0, 0.05) is 13.0 Å². The Bertz CT molecular complexity index is 397. The molecular formula is C10H17N5O2S. The molecule has 1 fully saturated rings. The minimum absolute atomic E-state index is 0.168. The second-order valence-corrected chi connectivity index (χ2v) is 5.17. The Hall–Kier alpha value is -1.15. The molecule has 0 bridgehead atoms. The number of hydrogen-bond donors (Lipinski definition) is 1. The number of nitrogens with one attached hydrogen (secondary N) is 1. The molecule has 1 aromatic heterocycles. The van der Waals surface area contributed by atoms with Crippen LogP contribution in [0.2, 0.25) is 0 Å². The van der Waals surface area contributed by atoms with E-state index in [2.05, 4.69) is 27.8 Å². The van der Waals surface area contributed by atoms with Gasteiger partial charge in [-0.1, -0.05) is 18.7 Å². The van der Waals surface area contributed by atoms with Crippen molar-refractivity contribution in [1.82, 2.24) is 25.5 Å². The van der Waals surface area contributed by atoms with E-state index in [0.717, 1.165) is 25.9 Å². The van der Waals surface area contributed by atoms with E-state index in [1.807, 2.05) is 0 Å². The summed E-state index contributed by atoms with van der Waals surface area (Å²) < 4.78 is 6.64. The van der Waals surface area contributed by atoms with Gasteiger partial charge in [-0.05, 0) is 23.4 Å². The van der Waals surface area contributed by atoms with Gasteiger partial charge in [0.05, 0.1) is 13.2 Å². The minimum Gasteiger partial charge on any atom is -0.465 e. The lowest BCUT2D eigenvalue weighted by Crippen LogP contribution is -2.22. The summed E-state index contributed by atoms with van der Waals surface area (Å²) in [4.78, 5) is 11.4. The smallest absolute Gasteiger partial charge is 0.319 e. The van der Waals surface area contributed by atoms with Gasteiger partial charge < -0.3 is 10.1 Å². The molecule has 0 saturated carbocycles. The van der Waals surface area contributed by atoms with Crippen LogP contribution in [0.3, 0.4) is 0 Å². The van der Waals surface area contributed by atoms with Gasteiger partial charge in [0.15, 0.2) is 0 Å². The second kappa shape index (κ2) is 6.69. The van der Waals surface area contributed by atoms with Gasteiger partial charge >= 0.3 is 5.97 Å². The molecule has 0 aromatic carbocycles. The number of aromatic nitrogens is 4. The lowest BCUT2D eigenvalue weighted by atomic mass is 10.4. The third-order valence-corrected chi connectivity index (χ3v) is 3.78. The average molecular weight is 271 g/mol. The van der Waals surface area contributed by atoms with Gasteiger partial charge in [-0.3, -0.25) is 4.79 Å². The summed E-state index contributed by atoms with van der Waals surface area (Å²) in [6.45, 7) is 5.13. The summed E-state index contributed by atoms with van der Waals surface area (Å²) >= 11 is 1.38. The summed E-state index contributed by atoms with van der Waals surface area (Å²) in [5, 5.41) is 15.3. The van der Waals surface area contributed by atoms with Gasteiger partial charge in [0.1, 0.15) is 5.25 Å². The maximum Gasteiger partial charge on any atom is 0.319 e. The Kier molecular flexibility index (Phi) is 4.94. The molecule has 0 spiro atoms. The fraction of sp³-hybridized carbons (Fsp3) is 0.800. The van der Waals surface area contributed by atoms with E-state index >= 15 is 0 Å². The Balaban J connectivity index is 1.85. The number of nitrogens with zero attached hydrogens (tertiary/aromatic N) is 4. The van der Waals surface area contributed by atoms with E-state index in [-0.39, 0.29) is 11.2 Å². The zero-order chi connectivity index (χ0) is 12.8. The minimum atomic E-state index is -0.168. The van der Waals surface area contributed by atoms with Crippen molar-refractivity contribution in [2.24, 2.45) is 0 Å². The lowest BCUT2D eigenvalue weighted by molar-refractivity contribution is -0.137. The van der Waals surface area contributed by atoms with Crippen LogP contribution in [0.4, 0.5) is 0 Å². The number of rotatable bonds is 7. The third kappa shape index (κ3) is 3.42. The topological polar surface area (TPSA) is 81.9 Å². The maximum absolute atomic E-state index is 11.4. The summed E-state index contributed by atoms with van der Waals surface area (Å²) in [5.41, 5.74) is 0. The number of cyclic esters (lactones) is 1. The molecule has 2 heterocycles. The predicted octanol–water partition coefficient (Wildman–Crippen LogP) is 0.0803. The number of tetrazole rings is 1. The fourth-order valence-corrected chi connectivity index (χ4v) is 2.59. The van der Waals surface area contributed by atoms with Crippen LogP contribution in [-0.2, 0) is 16.1 Å². The van der Waals surface area contributed by atoms with Crippen LogP contribution in [-0.4, -0.2) is 51.1 Å². The monoisotopic (exact) mass is 271 g/mol. The highest BCUT2D eigenvalue weighted by Crippen LogP contribution is 2.27. The third-order valence-electron chi connectivity index (χ3n) is 2.56.